The van der Waals surface area contributed by atoms with E-state index in [1.165, 1.54) is 0 Å². The molecule has 0 aromatic heterocycles. The molecule has 1 amide bonds. The maximum Gasteiger partial charge on any atom is 0.303 e. The van der Waals surface area contributed by atoms with Crippen LogP contribution in [0, 0.1) is 5.41 Å². The van der Waals surface area contributed by atoms with Gasteiger partial charge in [-0.15, -0.1) is 0 Å². The van der Waals surface area contributed by atoms with Crippen LogP contribution in [0.25, 0.3) is 0 Å². The molecule has 116 valence electrons. The predicted molar refractivity (Wildman–Crippen MR) is 83.1 cm³/mol. The molecule has 0 aliphatic carbocycles. The van der Waals surface area contributed by atoms with Crippen LogP contribution in [0.1, 0.15) is 32.3 Å². The first-order valence-corrected chi connectivity index (χ1v) is 6.93. The summed E-state index contributed by atoms with van der Waals surface area (Å²) in [5.41, 5.74) is 1.30. The van der Waals surface area contributed by atoms with Gasteiger partial charge in [-0.1, -0.05) is 26.0 Å². The highest BCUT2D eigenvalue weighted by Gasteiger charge is 2.25. The highest BCUT2D eigenvalue weighted by molar-refractivity contribution is 5.91. The number of benzene rings is 1. The number of hydrogen-bond acceptors (Lipinski definition) is 3. The van der Waals surface area contributed by atoms with E-state index in [0.717, 1.165) is 17.8 Å². The first kappa shape index (κ1) is 17.2. The zero-order valence-electron chi connectivity index (χ0n) is 13.1. The third-order valence-corrected chi connectivity index (χ3v) is 2.98. The zero-order valence-corrected chi connectivity index (χ0v) is 13.1. The van der Waals surface area contributed by atoms with Crippen LogP contribution in [0.15, 0.2) is 24.3 Å². The number of anilines is 1. The normalized spacial score (nSPS) is 11.5. The summed E-state index contributed by atoms with van der Waals surface area (Å²) in [5.74, 6) is -1.05. The average molecular weight is 292 g/mol. The van der Waals surface area contributed by atoms with Gasteiger partial charge >= 0.3 is 5.97 Å². The summed E-state index contributed by atoms with van der Waals surface area (Å²) in [6.45, 7) is 4.36. The van der Waals surface area contributed by atoms with Crippen LogP contribution in [-0.2, 0) is 16.1 Å². The molecule has 2 N–H and O–H groups in total. The Bertz CT molecular complexity index is 510. The molecule has 0 unspecified atom stereocenters. The number of nitrogens with one attached hydrogen (secondary N) is 1. The molecule has 0 saturated heterocycles. The van der Waals surface area contributed by atoms with Crippen LogP contribution in [0.3, 0.4) is 0 Å². The molecule has 1 aromatic rings. The summed E-state index contributed by atoms with van der Waals surface area (Å²) in [4.78, 5) is 24.8. The van der Waals surface area contributed by atoms with Gasteiger partial charge in [0.2, 0.25) is 5.91 Å². The Labute approximate surface area is 126 Å². The first-order chi connectivity index (χ1) is 9.68. The molecule has 0 fully saturated rings. The summed E-state index contributed by atoms with van der Waals surface area (Å²) >= 11 is 0. The molecule has 0 heterocycles. The summed E-state index contributed by atoms with van der Waals surface area (Å²) in [6.07, 6.45) is 0.151. The molecule has 5 nitrogen and oxygen atoms in total. The fourth-order valence-corrected chi connectivity index (χ4v) is 2.22. The number of rotatable bonds is 7. The van der Waals surface area contributed by atoms with Gasteiger partial charge in [-0.2, -0.15) is 0 Å². The van der Waals surface area contributed by atoms with E-state index in [4.69, 9.17) is 5.11 Å². The van der Waals surface area contributed by atoms with E-state index < -0.39 is 11.4 Å². The molecule has 1 aromatic carbocycles. The molecule has 1 rings (SSSR count). The van der Waals surface area contributed by atoms with Crippen LogP contribution < -0.4 is 5.32 Å². The van der Waals surface area contributed by atoms with Crippen molar-refractivity contribution < 1.29 is 14.7 Å². The number of carbonyl (C=O) groups is 2. The molecule has 0 atom stereocenters. The second-order valence-electron chi connectivity index (χ2n) is 6.40. The molecular formula is C16H24N2O3. The van der Waals surface area contributed by atoms with Crippen LogP contribution in [-0.4, -0.2) is 36.0 Å². The fourth-order valence-electron chi connectivity index (χ4n) is 2.22. The Morgan fingerprint density at radius 3 is 2.48 bits per heavy atom. The SMILES string of the molecule is CN(C)Cc1cccc(NC(=O)CC(C)(C)CC(=O)O)c1. The number of hydrogen-bond donors (Lipinski definition) is 2. The lowest BCUT2D eigenvalue weighted by molar-refractivity contribution is -0.139. The fraction of sp³-hybridized carbons (Fsp3) is 0.500. The first-order valence-electron chi connectivity index (χ1n) is 6.93. The second-order valence-corrected chi connectivity index (χ2v) is 6.40. The molecule has 0 radical (unpaired) electrons. The quantitative estimate of drug-likeness (QED) is 0.810. The molecule has 0 spiro atoms. The van der Waals surface area contributed by atoms with Gasteiger partial charge < -0.3 is 15.3 Å². The van der Waals surface area contributed by atoms with Crippen molar-refractivity contribution in [1.29, 1.82) is 0 Å². The van der Waals surface area contributed by atoms with Crippen molar-refractivity contribution in [2.75, 3.05) is 19.4 Å². The van der Waals surface area contributed by atoms with Gasteiger partial charge in [0.1, 0.15) is 0 Å². The van der Waals surface area contributed by atoms with Crippen molar-refractivity contribution in [2.45, 2.75) is 33.2 Å². The van der Waals surface area contributed by atoms with Gasteiger partial charge in [0, 0.05) is 18.7 Å². The van der Waals surface area contributed by atoms with Crippen LogP contribution >= 0.6 is 0 Å². The van der Waals surface area contributed by atoms with Crippen molar-refractivity contribution in [3.05, 3.63) is 29.8 Å². The number of aliphatic carboxylic acids is 1. The Balaban J connectivity index is 2.64. The predicted octanol–water partition coefficient (Wildman–Crippen LogP) is 2.58. The van der Waals surface area contributed by atoms with Crippen molar-refractivity contribution in [1.82, 2.24) is 4.90 Å². The third kappa shape index (κ3) is 6.90. The van der Waals surface area contributed by atoms with E-state index >= 15 is 0 Å². The molecule has 0 aliphatic rings. The minimum Gasteiger partial charge on any atom is -0.481 e. The lowest BCUT2D eigenvalue weighted by Gasteiger charge is -2.21. The maximum atomic E-state index is 12.0. The monoisotopic (exact) mass is 292 g/mol. The standard InChI is InChI=1S/C16H24N2O3/c1-16(2,10-15(20)21)9-14(19)17-13-7-5-6-12(8-13)11-18(3)4/h5-8H,9-11H2,1-4H3,(H,17,19)(H,20,21). The largest absolute Gasteiger partial charge is 0.481 e. The zero-order chi connectivity index (χ0) is 16.0. The van der Waals surface area contributed by atoms with Crippen molar-refractivity contribution in [3.8, 4) is 0 Å². The third-order valence-electron chi connectivity index (χ3n) is 2.98. The van der Waals surface area contributed by atoms with E-state index in [9.17, 15) is 9.59 Å². The minimum atomic E-state index is -0.888. The number of carboxylic acid groups (broad SMARTS) is 1. The van der Waals surface area contributed by atoms with Gasteiger partial charge in [-0.05, 0) is 37.2 Å². The molecule has 5 heteroatoms. The number of nitrogens with zero attached hydrogens (tertiary/aromatic N) is 1. The van der Waals surface area contributed by atoms with Gasteiger partial charge in [0.15, 0.2) is 0 Å². The average Bonchev–Trinajstić information content (AvgIpc) is 2.24. The Hall–Kier alpha value is -1.88. The Morgan fingerprint density at radius 1 is 1.24 bits per heavy atom. The number of carbonyl (C=O) groups excluding carboxylic acids is 1. The molecule has 0 saturated carbocycles. The topological polar surface area (TPSA) is 69.6 Å². The summed E-state index contributed by atoms with van der Waals surface area (Å²) in [7, 11) is 3.97. The summed E-state index contributed by atoms with van der Waals surface area (Å²) < 4.78 is 0. The second kappa shape index (κ2) is 7.22. The van der Waals surface area contributed by atoms with E-state index in [0.29, 0.717) is 0 Å². The highest BCUT2D eigenvalue weighted by Crippen LogP contribution is 2.25. The molecule has 0 aliphatic heterocycles. The number of amides is 1. The molecular weight excluding hydrogens is 268 g/mol. The molecule has 21 heavy (non-hydrogen) atoms. The summed E-state index contributed by atoms with van der Waals surface area (Å²) in [6, 6.07) is 7.67. The van der Waals surface area contributed by atoms with Crippen molar-refractivity contribution >= 4 is 17.6 Å². The van der Waals surface area contributed by atoms with Gasteiger partial charge in [-0.25, -0.2) is 0 Å². The molecule has 0 bridgehead atoms. The van der Waals surface area contributed by atoms with Gasteiger partial charge in [-0.3, -0.25) is 9.59 Å². The lowest BCUT2D eigenvalue weighted by atomic mass is 9.85. The van der Waals surface area contributed by atoms with Crippen LogP contribution in [0.4, 0.5) is 5.69 Å². The lowest BCUT2D eigenvalue weighted by Crippen LogP contribution is -2.24. The summed E-state index contributed by atoms with van der Waals surface area (Å²) in [5, 5.41) is 11.7. The Morgan fingerprint density at radius 2 is 1.90 bits per heavy atom. The van der Waals surface area contributed by atoms with Crippen molar-refractivity contribution in [3.63, 3.8) is 0 Å². The van der Waals surface area contributed by atoms with E-state index in [1.807, 2.05) is 38.4 Å². The van der Waals surface area contributed by atoms with E-state index in [1.54, 1.807) is 13.8 Å². The Kier molecular flexibility index (Phi) is 5.90. The van der Waals surface area contributed by atoms with Crippen LogP contribution in [0.2, 0.25) is 0 Å². The maximum absolute atomic E-state index is 12.0. The highest BCUT2D eigenvalue weighted by atomic mass is 16.4. The van der Waals surface area contributed by atoms with Gasteiger partial charge in [0.05, 0.1) is 6.42 Å². The van der Waals surface area contributed by atoms with Gasteiger partial charge in [0.25, 0.3) is 0 Å². The van der Waals surface area contributed by atoms with Crippen molar-refractivity contribution in [2.24, 2.45) is 5.41 Å². The van der Waals surface area contributed by atoms with Crippen LogP contribution in [0.5, 0.6) is 0 Å². The van der Waals surface area contributed by atoms with E-state index in [-0.39, 0.29) is 18.7 Å². The van der Waals surface area contributed by atoms with E-state index in [2.05, 4.69) is 10.2 Å². The number of carboxylic acids is 1. The minimum absolute atomic E-state index is 0.0267. The smallest absolute Gasteiger partial charge is 0.303 e.